The van der Waals surface area contributed by atoms with Crippen molar-refractivity contribution >= 4 is 22.4 Å². The van der Waals surface area contributed by atoms with Crippen molar-refractivity contribution in [2.24, 2.45) is 0 Å². The van der Waals surface area contributed by atoms with Crippen molar-refractivity contribution in [3.05, 3.63) is 66.4 Å². The van der Waals surface area contributed by atoms with E-state index < -0.39 is 0 Å². The van der Waals surface area contributed by atoms with Crippen LogP contribution in [0.15, 0.2) is 65.1 Å². The van der Waals surface area contributed by atoms with Crippen LogP contribution in [0.1, 0.15) is 17.5 Å². The quantitative estimate of drug-likeness (QED) is 0.658. The summed E-state index contributed by atoms with van der Waals surface area (Å²) in [6.07, 6.45) is 0. The van der Waals surface area contributed by atoms with Crippen molar-refractivity contribution in [3.63, 3.8) is 0 Å². The van der Waals surface area contributed by atoms with Gasteiger partial charge in [0.1, 0.15) is 5.58 Å². The Bertz CT molecular complexity index is 713. The van der Waals surface area contributed by atoms with E-state index in [4.69, 9.17) is 4.42 Å². The summed E-state index contributed by atoms with van der Waals surface area (Å²) in [4.78, 5) is 14.5. The van der Waals surface area contributed by atoms with Gasteiger partial charge >= 0.3 is 0 Å². The van der Waals surface area contributed by atoms with Crippen LogP contribution in [0.2, 0.25) is 0 Å². The van der Waals surface area contributed by atoms with E-state index >= 15 is 0 Å². The van der Waals surface area contributed by atoms with E-state index in [0.717, 1.165) is 23.2 Å². The lowest BCUT2D eigenvalue weighted by Gasteiger charge is -2.21. The lowest BCUT2D eigenvalue weighted by molar-refractivity contribution is 0.0975. The van der Waals surface area contributed by atoms with Gasteiger partial charge in [0.15, 0.2) is 5.76 Å². The molecule has 0 spiro atoms. The standard InChI is InChI=1S/C18H17NO2/c1-2-19(15-9-4-3-5-10-15)13-16(20)18-12-14-8-6-7-11-17(14)21-18/h3-12H,2,13H2,1H3. The number of hydrogen-bond acceptors (Lipinski definition) is 3. The number of fused-ring (bicyclic) bond motifs is 1. The van der Waals surface area contributed by atoms with Crippen molar-refractivity contribution in [2.45, 2.75) is 6.92 Å². The minimum atomic E-state index is -0.00287. The zero-order valence-corrected chi connectivity index (χ0v) is 12.0. The van der Waals surface area contributed by atoms with Gasteiger partial charge in [-0.1, -0.05) is 36.4 Å². The van der Waals surface area contributed by atoms with Crippen LogP contribution >= 0.6 is 0 Å². The monoisotopic (exact) mass is 279 g/mol. The number of nitrogens with zero attached hydrogens (tertiary/aromatic N) is 1. The molecule has 1 aromatic heterocycles. The molecule has 0 radical (unpaired) electrons. The maximum Gasteiger partial charge on any atom is 0.217 e. The third-order valence-corrected chi connectivity index (χ3v) is 3.54. The molecule has 0 saturated heterocycles. The van der Waals surface area contributed by atoms with Gasteiger partial charge in [-0.15, -0.1) is 0 Å². The minimum absolute atomic E-state index is 0.00287. The normalized spacial score (nSPS) is 10.7. The summed E-state index contributed by atoms with van der Waals surface area (Å²) in [5, 5.41) is 0.962. The molecule has 2 aromatic carbocycles. The van der Waals surface area contributed by atoms with Crippen LogP contribution in [0.25, 0.3) is 11.0 Å². The number of likely N-dealkylation sites (N-methyl/N-ethyl adjacent to an activating group) is 1. The number of para-hydroxylation sites is 2. The second kappa shape index (κ2) is 5.83. The molecule has 0 aliphatic carbocycles. The fraction of sp³-hybridized carbons (Fsp3) is 0.167. The number of ketones is 1. The first-order chi connectivity index (χ1) is 10.3. The molecule has 0 aliphatic rings. The molecule has 0 atom stereocenters. The van der Waals surface area contributed by atoms with Gasteiger partial charge in [0.25, 0.3) is 0 Å². The largest absolute Gasteiger partial charge is 0.453 e. The Morgan fingerprint density at radius 1 is 1.05 bits per heavy atom. The fourth-order valence-electron chi connectivity index (χ4n) is 2.40. The van der Waals surface area contributed by atoms with E-state index in [2.05, 4.69) is 0 Å². The molecular formula is C18H17NO2. The number of furan rings is 1. The Balaban J connectivity index is 1.81. The molecule has 21 heavy (non-hydrogen) atoms. The second-order valence-electron chi connectivity index (χ2n) is 4.92. The predicted octanol–water partition coefficient (Wildman–Crippen LogP) is 4.14. The van der Waals surface area contributed by atoms with E-state index in [-0.39, 0.29) is 5.78 Å². The molecule has 3 nitrogen and oxygen atoms in total. The molecule has 3 rings (SSSR count). The molecule has 0 bridgehead atoms. The van der Waals surface area contributed by atoms with E-state index in [0.29, 0.717) is 12.3 Å². The molecule has 1 heterocycles. The number of rotatable bonds is 5. The zero-order valence-electron chi connectivity index (χ0n) is 12.0. The van der Waals surface area contributed by atoms with E-state index in [1.165, 1.54) is 0 Å². The van der Waals surface area contributed by atoms with Crippen LogP contribution in [0.4, 0.5) is 5.69 Å². The van der Waals surface area contributed by atoms with Gasteiger partial charge < -0.3 is 9.32 Å². The number of hydrogen-bond donors (Lipinski definition) is 0. The molecule has 0 aliphatic heterocycles. The lowest BCUT2D eigenvalue weighted by atomic mass is 10.2. The SMILES string of the molecule is CCN(CC(=O)c1cc2ccccc2o1)c1ccccc1. The second-order valence-corrected chi connectivity index (χ2v) is 4.92. The number of anilines is 1. The Hall–Kier alpha value is -2.55. The summed E-state index contributed by atoms with van der Waals surface area (Å²) >= 11 is 0. The lowest BCUT2D eigenvalue weighted by Crippen LogP contribution is -2.29. The topological polar surface area (TPSA) is 33.5 Å². The van der Waals surface area contributed by atoms with Gasteiger partial charge in [-0.05, 0) is 31.2 Å². The summed E-state index contributed by atoms with van der Waals surface area (Å²) in [6, 6.07) is 19.4. The molecule has 0 fully saturated rings. The third kappa shape index (κ3) is 2.82. The third-order valence-electron chi connectivity index (χ3n) is 3.54. The van der Waals surface area contributed by atoms with Crippen LogP contribution in [0.5, 0.6) is 0 Å². The molecule has 0 unspecified atom stereocenters. The van der Waals surface area contributed by atoms with Crippen LogP contribution < -0.4 is 4.90 Å². The Morgan fingerprint density at radius 3 is 2.48 bits per heavy atom. The Labute approximate surface area is 123 Å². The number of carbonyl (C=O) groups is 1. The molecule has 106 valence electrons. The summed E-state index contributed by atoms with van der Waals surface area (Å²) in [5.74, 6) is 0.419. The van der Waals surface area contributed by atoms with Crippen LogP contribution in [-0.4, -0.2) is 18.9 Å². The zero-order chi connectivity index (χ0) is 14.7. The van der Waals surface area contributed by atoms with E-state index in [9.17, 15) is 4.79 Å². The highest BCUT2D eigenvalue weighted by Gasteiger charge is 2.15. The molecule has 0 N–H and O–H groups in total. The maximum atomic E-state index is 12.4. The van der Waals surface area contributed by atoms with Gasteiger partial charge in [-0.3, -0.25) is 4.79 Å². The van der Waals surface area contributed by atoms with Crippen LogP contribution in [-0.2, 0) is 0 Å². The number of carbonyl (C=O) groups excluding carboxylic acids is 1. The van der Waals surface area contributed by atoms with Gasteiger partial charge in [-0.2, -0.15) is 0 Å². The first-order valence-corrected chi connectivity index (χ1v) is 7.09. The minimum Gasteiger partial charge on any atom is -0.453 e. The summed E-state index contributed by atoms with van der Waals surface area (Å²) < 4.78 is 5.63. The molecule has 0 saturated carbocycles. The predicted molar refractivity (Wildman–Crippen MR) is 84.9 cm³/mol. The number of benzene rings is 2. The molecule has 0 amide bonds. The first kappa shape index (κ1) is 13.4. The van der Waals surface area contributed by atoms with Crippen molar-refractivity contribution in [1.82, 2.24) is 0 Å². The highest BCUT2D eigenvalue weighted by molar-refractivity contribution is 6.00. The van der Waals surface area contributed by atoms with Gasteiger partial charge in [0.05, 0.1) is 6.54 Å². The summed E-state index contributed by atoms with van der Waals surface area (Å²) in [6.45, 7) is 3.13. The molecule has 3 heteroatoms. The van der Waals surface area contributed by atoms with Crippen LogP contribution in [0.3, 0.4) is 0 Å². The number of Topliss-reactive ketones (excluding diaryl/α,β-unsaturated/α-hetero) is 1. The Morgan fingerprint density at radius 2 is 1.76 bits per heavy atom. The van der Waals surface area contributed by atoms with Gasteiger partial charge in [0, 0.05) is 17.6 Å². The average Bonchev–Trinajstić information content (AvgIpc) is 2.97. The Kier molecular flexibility index (Phi) is 3.73. The average molecular weight is 279 g/mol. The molecular weight excluding hydrogens is 262 g/mol. The first-order valence-electron chi connectivity index (χ1n) is 7.09. The van der Waals surface area contributed by atoms with Crippen molar-refractivity contribution in [3.8, 4) is 0 Å². The summed E-state index contributed by atoms with van der Waals surface area (Å²) in [5.41, 5.74) is 1.80. The van der Waals surface area contributed by atoms with Crippen molar-refractivity contribution in [2.75, 3.05) is 18.0 Å². The maximum absolute atomic E-state index is 12.4. The molecule has 3 aromatic rings. The van der Waals surface area contributed by atoms with Gasteiger partial charge in [0.2, 0.25) is 5.78 Å². The van der Waals surface area contributed by atoms with E-state index in [1.807, 2.05) is 72.5 Å². The van der Waals surface area contributed by atoms with Crippen molar-refractivity contribution in [1.29, 1.82) is 0 Å². The highest BCUT2D eigenvalue weighted by atomic mass is 16.3. The summed E-state index contributed by atoms with van der Waals surface area (Å²) in [7, 11) is 0. The highest BCUT2D eigenvalue weighted by Crippen LogP contribution is 2.20. The fourth-order valence-corrected chi connectivity index (χ4v) is 2.40. The van der Waals surface area contributed by atoms with Crippen LogP contribution in [0, 0.1) is 0 Å². The van der Waals surface area contributed by atoms with E-state index in [1.54, 1.807) is 0 Å². The van der Waals surface area contributed by atoms with Gasteiger partial charge in [-0.25, -0.2) is 0 Å². The smallest absolute Gasteiger partial charge is 0.217 e. The van der Waals surface area contributed by atoms with Crippen molar-refractivity contribution < 1.29 is 9.21 Å².